The standard InChI is InChI=1S/C19H24N2O/c1-2-3-9-16-14-20-12-13-21(16)19(22)18-11-6-8-15-7-4-5-10-17(15)18/h4-8,10-11,16,20H,2-3,9,12-14H2,1H3. The van der Waals surface area contributed by atoms with Gasteiger partial charge in [-0.2, -0.15) is 0 Å². The Balaban J connectivity index is 1.90. The van der Waals surface area contributed by atoms with Crippen LogP contribution in [0, 0.1) is 0 Å². The van der Waals surface area contributed by atoms with Gasteiger partial charge in [0.1, 0.15) is 0 Å². The summed E-state index contributed by atoms with van der Waals surface area (Å²) in [6, 6.07) is 14.5. The Bertz CT molecular complexity index is 647. The van der Waals surface area contributed by atoms with Crippen LogP contribution in [0.4, 0.5) is 0 Å². The Hall–Kier alpha value is -1.87. The Morgan fingerprint density at radius 1 is 1.23 bits per heavy atom. The van der Waals surface area contributed by atoms with Crippen molar-refractivity contribution in [1.29, 1.82) is 0 Å². The third-order valence-electron chi connectivity index (χ3n) is 4.52. The molecule has 0 spiro atoms. The van der Waals surface area contributed by atoms with Crippen LogP contribution in [0.2, 0.25) is 0 Å². The molecule has 0 radical (unpaired) electrons. The summed E-state index contributed by atoms with van der Waals surface area (Å²) in [7, 11) is 0. The van der Waals surface area contributed by atoms with Crippen LogP contribution in [0.3, 0.4) is 0 Å². The molecule has 0 bridgehead atoms. The summed E-state index contributed by atoms with van der Waals surface area (Å²) in [5.74, 6) is 0.180. The number of amides is 1. The van der Waals surface area contributed by atoms with Crippen molar-refractivity contribution in [3.63, 3.8) is 0 Å². The normalized spacial score (nSPS) is 18.6. The number of hydrogen-bond acceptors (Lipinski definition) is 2. The molecule has 1 aliphatic heterocycles. The fraction of sp³-hybridized carbons (Fsp3) is 0.421. The maximum Gasteiger partial charge on any atom is 0.254 e. The van der Waals surface area contributed by atoms with Crippen LogP contribution in [0.25, 0.3) is 10.8 Å². The highest BCUT2D eigenvalue weighted by Crippen LogP contribution is 2.22. The molecule has 1 N–H and O–H groups in total. The highest BCUT2D eigenvalue weighted by atomic mass is 16.2. The van der Waals surface area contributed by atoms with E-state index in [4.69, 9.17) is 0 Å². The molecule has 1 saturated heterocycles. The summed E-state index contributed by atoms with van der Waals surface area (Å²) in [6.45, 7) is 4.80. The molecular formula is C19H24N2O. The minimum atomic E-state index is 0.180. The molecular weight excluding hydrogens is 272 g/mol. The monoisotopic (exact) mass is 296 g/mol. The van der Waals surface area contributed by atoms with E-state index in [1.807, 2.05) is 30.3 Å². The van der Waals surface area contributed by atoms with E-state index in [2.05, 4.69) is 29.3 Å². The highest BCUT2D eigenvalue weighted by Gasteiger charge is 2.27. The van der Waals surface area contributed by atoms with Gasteiger partial charge in [-0.05, 0) is 23.3 Å². The zero-order valence-corrected chi connectivity index (χ0v) is 13.2. The number of piperazine rings is 1. The van der Waals surface area contributed by atoms with Gasteiger partial charge in [0.25, 0.3) is 5.91 Å². The molecule has 1 unspecified atom stereocenters. The summed E-state index contributed by atoms with van der Waals surface area (Å²) in [6.07, 6.45) is 3.43. The minimum Gasteiger partial charge on any atom is -0.333 e. The van der Waals surface area contributed by atoms with Gasteiger partial charge in [-0.15, -0.1) is 0 Å². The second kappa shape index (κ2) is 6.93. The summed E-state index contributed by atoms with van der Waals surface area (Å²) in [5.41, 5.74) is 0.835. The van der Waals surface area contributed by atoms with Gasteiger partial charge < -0.3 is 10.2 Å². The second-order valence-corrected chi connectivity index (χ2v) is 6.03. The first-order chi connectivity index (χ1) is 10.8. The van der Waals surface area contributed by atoms with Gasteiger partial charge in [0, 0.05) is 31.2 Å². The number of benzene rings is 2. The number of fused-ring (bicyclic) bond motifs is 1. The van der Waals surface area contributed by atoms with Crippen LogP contribution in [0.5, 0.6) is 0 Å². The average Bonchev–Trinajstić information content (AvgIpc) is 2.59. The van der Waals surface area contributed by atoms with E-state index in [0.29, 0.717) is 6.04 Å². The third kappa shape index (κ3) is 3.00. The molecule has 116 valence electrons. The van der Waals surface area contributed by atoms with Gasteiger partial charge in [0.2, 0.25) is 0 Å². The van der Waals surface area contributed by atoms with Gasteiger partial charge in [-0.1, -0.05) is 56.2 Å². The molecule has 3 heteroatoms. The van der Waals surface area contributed by atoms with Gasteiger partial charge in [0.15, 0.2) is 0 Å². The van der Waals surface area contributed by atoms with E-state index in [0.717, 1.165) is 42.4 Å². The number of carbonyl (C=O) groups is 1. The predicted molar refractivity (Wildman–Crippen MR) is 91.2 cm³/mol. The van der Waals surface area contributed by atoms with E-state index in [-0.39, 0.29) is 5.91 Å². The zero-order chi connectivity index (χ0) is 15.4. The minimum absolute atomic E-state index is 0.180. The first-order valence-corrected chi connectivity index (χ1v) is 8.30. The van der Waals surface area contributed by atoms with Crippen molar-refractivity contribution >= 4 is 16.7 Å². The Kier molecular flexibility index (Phi) is 4.74. The van der Waals surface area contributed by atoms with Crippen molar-refractivity contribution < 1.29 is 4.79 Å². The summed E-state index contributed by atoms with van der Waals surface area (Å²) in [4.78, 5) is 15.2. The van der Waals surface area contributed by atoms with E-state index < -0.39 is 0 Å². The van der Waals surface area contributed by atoms with E-state index in [1.165, 1.54) is 12.8 Å². The van der Waals surface area contributed by atoms with Gasteiger partial charge in [-0.25, -0.2) is 0 Å². The smallest absolute Gasteiger partial charge is 0.254 e. The molecule has 0 saturated carbocycles. The molecule has 3 nitrogen and oxygen atoms in total. The van der Waals surface area contributed by atoms with Crippen molar-refractivity contribution in [3.05, 3.63) is 48.0 Å². The first-order valence-electron chi connectivity index (χ1n) is 8.30. The Morgan fingerprint density at radius 3 is 2.91 bits per heavy atom. The number of rotatable bonds is 4. The van der Waals surface area contributed by atoms with Gasteiger partial charge >= 0.3 is 0 Å². The lowest BCUT2D eigenvalue weighted by molar-refractivity contribution is 0.0624. The van der Waals surface area contributed by atoms with Crippen molar-refractivity contribution in [3.8, 4) is 0 Å². The molecule has 1 atom stereocenters. The van der Waals surface area contributed by atoms with Crippen LogP contribution >= 0.6 is 0 Å². The molecule has 1 fully saturated rings. The number of nitrogens with one attached hydrogen (secondary N) is 1. The van der Waals surface area contributed by atoms with Crippen LogP contribution < -0.4 is 5.32 Å². The molecule has 3 rings (SSSR count). The molecule has 22 heavy (non-hydrogen) atoms. The lowest BCUT2D eigenvalue weighted by atomic mass is 10.0. The van der Waals surface area contributed by atoms with Crippen molar-refractivity contribution in [1.82, 2.24) is 10.2 Å². The van der Waals surface area contributed by atoms with E-state index in [9.17, 15) is 4.79 Å². The lowest BCUT2D eigenvalue weighted by Crippen LogP contribution is -2.53. The number of carbonyl (C=O) groups excluding carboxylic acids is 1. The van der Waals surface area contributed by atoms with Crippen molar-refractivity contribution in [2.75, 3.05) is 19.6 Å². The molecule has 2 aromatic rings. The van der Waals surface area contributed by atoms with Crippen LogP contribution in [0.15, 0.2) is 42.5 Å². The zero-order valence-electron chi connectivity index (χ0n) is 13.2. The maximum atomic E-state index is 13.1. The Morgan fingerprint density at radius 2 is 2.05 bits per heavy atom. The van der Waals surface area contributed by atoms with Crippen LogP contribution in [-0.2, 0) is 0 Å². The summed E-state index contributed by atoms with van der Waals surface area (Å²) in [5, 5.41) is 5.61. The third-order valence-corrected chi connectivity index (χ3v) is 4.52. The molecule has 1 amide bonds. The van der Waals surface area contributed by atoms with Gasteiger partial charge in [0.05, 0.1) is 0 Å². The molecule has 0 aromatic heterocycles. The molecule has 0 aliphatic carbocycles. The predicted octanol–water partition coefficient (Wildman–Crippen LogP) is 3.44. The maximum absolute atomic E-state index is 13.1. The number of unbranched alkanes of at least 4 members (excludes halogenated alkanes) is 1. The quantitative estimate of drug-likeness (QED) is 0.937. The van der Waals surface area contributed by atoms with Crippen molar-refractivity contribution in [2.45, 2.75) is 32.2 Å². The summed E-state index contributed by atoms with van der Waals surface area (Å²) >= 11 is 0. The van der Waals surface area contributed by atoms with Crippen LogP contribution in [-0.4, -0.2) is 36.5 Å². The summed E-state index contributed by atoms with van der Waals surface area (Å²) < 4.78 is 0. The average molecular weight is 296 g/mol. The molecule has 1 aliphatic rings. The second-order valence-electron chi connectivity index (χ2n) is 6.03. The lowest BCUT2D eigenvalue weighted by Gasteiger charge is -2.36. The molecule has 2 aromatic carbocycles. The number of hydrogen-bond donors (Lipinski definition) is 1. The van der Waals surface area contributed by atoms with E-state index in [1.54, 1.807) is 0 Å². The van der Waals surface area contributed by atoms with Gasteiger partial charge in [-0.3, -0.25) is 4.79 Å². The number of nitrogens with zero attached hydrogens (tertiary/aromatic N) is 1. The molecule has 1 heterocycles. The fourth-order valence-electron chi connectivity index (χ4n) is 3.29. The largest absolute Gasteiger partial charge is 0.333 e. The van der Waals surface area contributed by atoms with Crippen LogP contribution in [0.1, 0.15) is 36.5 Å². The fourth-order valence-corrected chi connectivity index (χ4v) is 3.29. The highest BCUT2D eigenvalue weighted by molar-refractivity contribution is 6.07. The topological polar surface area (TPSA) is 32.3 Å². The van der Waals surface area contributed by atoms with Crippen molar-refractivity contribution in [2.24, 2.45) is 0 Å². The Labute approximate surface area is 132 Å². The van der Waals surface area contributed by atoms with E-state index >= 15 is 0 Å². The first kappa shape index (κ1) is 15.0. The SMILES string of the molecule is CCCCC1CNCCN1C(=O)c1cccc2ccccc12.